The molecular formula is C68H70N22O4. The number of nitrogens with one attached hydrogen (secondary N) is 1. The van der Waals surface area contributed by atoms with Crippen molar-refractivity contribution < 1.29 is 19.3 Å². The summed E-state index contributed by atoms with van der Waals surface area (Å²) in [7, 11) is 2.09. The first-order chi connectivity index (χ1) is 45.5. The molecular weight excluding hydrogens is 1190 g/mol. The van der Waals surface area contributed by atoms with Crippen molar-refractivity contribution in [1.29, 1.82) is 15.8 Å². The van der Waals surface area contributed by atoms with Crippen LogP contribution in [0.5, 0.6) is 17.5 Å². The van der Waals surface area contributed by atoms with E-state index < -0.39 is 16.4 Å². The minimum absolute atomic E-state index is 0.00744. The molecule has 2 fully saturated rings. The van der Waals surface area contributed by atoms with Crippen LogP contribution >= 0.6 is 0 Å². The minimum atomic E-state index is -0.959. The summed E-state index contributed by atoms with van der Waals surface area (Å²) in [6.45, 7) is 13.1. The van der Waals surface area contributed by atoms with Gasteiger partial charge in [-0.1, -0.05) is 30.3 Å². The molecule has 0 atom stereocenters. The zero-order valence-electron chi connectivity index (χ0n) is 52.8. The van der Waals surface area contributed by atoms with E-state index in [0.717, 1.165) is 101 Å². The van der Waals surface area contributed by atoms with Crippen LogP contribution in [-0.2, 0) is 19.6 Å². The molecule has 8 aromatic heterocycles. The number of rotatable bonds is 15. The molecule has 10 heterocycles. The van der Waals surface area contributed by atoms with Gasteiger partial charge in [0, 0.05) is 39.6 Å². The smallest absolute Gasteiger partial charge is 0.213 e. The fourth-order valence-electron chi connectivity index (χ4n) is 12.1. The molecule has 26 nitrogen and oxygen atoms in total. The molecule has 0 amide bonds. The molecule has 0 spiro atoms. The number of hydrogen-bond donors (Lipinski definition) is 5. The van der Waals surface area contributed by atoms with Crippen molar-refractivity contribution in [2.45, 2.75) is 78.6 Å². The van der Waals surface area contributed by atoms with Gasteiger partial charge in [0.15, 0.2) is 23.5 Å². The van der Waals surface area contributed by atoms with Gasteiger partial charge in [0.25, 0.3) is 0 Å². The highest BCUT2D eigenvalue weighted by molar-refractivity contribution is 6.02. The molecule has 4 aromatic carbocycles. The Balaban J connectivity index is 0.000000136. The fraction of sp³-hybridized carbons (Fsp3) is 0.324. The number of likely N-dealkylation sites (tertiary alicyclic amines) is 1. The Morgan fingerprint density at radius 2 is 0.968 bits per heavy atom. The lowest BCUT2D eigenvalue weighted by Crippen LogP contribution is -2.39. The molecule has 476 valence electrons. The first-order valence-electron chi connectivity index (χ1n) is 31.0. The molecule has 2 aliphatic rings. The molecule has 0 aliphatic carbocycles. The minimum Gasteiger partial charge on any atom is -0.479 e. The van der Waals surface area contributed by atoms with Crippen molar-refractivity contribution in [2.75, 3.05) is 70.2 Å². The van der Waals surface area contributed by atoms with Gasteiger partial charge >= 0.3 is 0 Å². The van der Waals surface area contributed by atoms with E-state index in [2.05, 4.69) is 74.4 Å². The van der Waals surface area contributed by atoms with E-state index in [1.807, 2.05) is 126 Å². The normalized spacial score (nSPS) is 14.6. The summed E-state index contributed by atoms with van der Waals surface area (Å²) in [5, 5.41) is 62.6. The number of aliphatic hydroxyl groups is 1. The van der Waals surface area contributed by atoms with E-state index in [4.69, 9.17) is 46.9 Å². The summed E-state index contributed by atoms with van der Waals surface area (Å²) in [5.74, 6) is 2.93. The van der Waals surface area contributed by atoms with Crippen LogP contribution in [0.25, 0.3) is 99.5 Å². The lowest BCUT2D eigenvalue weighted by atomic mass is 9.80. The quantitative estimate of drug-likeness (QED) is 0.0638. The zero-order chi connectivity index (χ0) is 65.7. The Hall–Kier alpha value is -11.2. The van der Waals surface area contributed by atoms with Crippen molar-refractivity contribution in [1.82, 2.24) is 79.4 Å². The van der Waals surface area contributed by atoms with Crippen molar-refractivity contribution in [3.63, 3.8) is 0 Å². The number of nitriles is 3. The van der Waals surface area contributed by atoms with Crippen LogP contribution < -0.4 is 36.7 Å². The lowest BCUT2D eigenvalue weighted by Gasteiger charge is -2.35. The fourth-order valence-corrected chi connectivity index (χ4v) is 12.1. The molecule has 0 unspecified atom stereocenters. The van der Waals surface area contributed by atoms with E-state index in [-0.39, 0.29) is 13.2 Å². The van der Waals surface area contributed by atoms with Crippen LogP contribution in [0.2, 0.25) is 0 Å². The summed E-state index contributed by atoms with van der Waals surface area (Å²) in [6.07, 6.45) is 7.41. The Kier molecular flexibility index (Phi) is 17.8. The number of nitrogens with two attached hydrogens (primary N) is 3. The van der Waals surface area contributed by atoms with Gasteiger partial charge in [-0.2, -0.15) is 31.1 Å². The monoisotopic (exact) mass is 1260 g/mol. The second kappa shape index (κ2) is 26.5. The maximum Gasteiger partial charge on any atom is 0.213 e. The van der Waals surface area contributed by atoms with Crippen molar-refractivity contribution in [3.05, 3.63) is 116 Å². The largest absolute Gasteiger partial charge is 0.479 e. The SMILES string of the molecule is CC(C)(O)Cn1nc(-c2ccc3cc(OCC#N)ccc3c2)c2c(N)ncnc21.CCOc1ccc2cc(-c3nn(CC4(C#N)CCN(C)CC4)c4ncnc(N)c34)ccc2n1.CCOc1ccc2cc(-c3nn(CC4(C#N)CCNCC4)c4ncnc(N)c34)ccc2n1. The molecule has 94 heavy (non-hydrogen) atoms. The Morgan fingerprint density at radius 1 is 0.543 bits per heavy atom. The van der Waals surface area contributed by atoms with Gasteiger partial charge in [0.2, 0.25) is 11.8 Å². The van der Waals surface area contributed by atoms with Crippen LogP contribution in [0.4, 0.5) is 17.5 Å². The summed E-state index contributed by atoms with van der Waals surface area (Å²) < 4.78 is 21.7. The first-order valence-corrected chi connectivity index (χ1v) is 31.0. The van der Waals surface area contributed by atoms with Crippen molar-refractivity contribution in [3.8, 4) is 69.5 Å². The highest BCUT2D eigenvalue weighted by atomic mass is 16.5. The molecule has 2 aliphatic heterocycles. The summed E-state index contributed by atoms with van der Waals surface area (Å²) in [5.41, 5.74) is 25.0. The van der Waals surface area contributed by atoms with Gasteiger partial charge in [-0.15, -0.1) is 0 Å². The molecule has 0 bridgehead atoms. The summed E-state index contributed by atoms with van der Waals surface area (Å²) in [6, 6.07) is 38.2. The van der Waals surface area contributed by atoms with Gasteiger partial charge in [0.05, 0.1) is 88.6 Å². The standard InChI is InChI=1S/C24H26N8O.C23H24N8O.C21H20N6O2/c1-3-33-19-7-5-16-12-17(4-6-18(16)29-19)21-20-22(26)27-15-28-23(20)32(30-21)14-24(13-25)8-10-31(2)11-9-24;1-2-32-18-6-4-15-11-16(3-5-17(15)29-18)20-19-21(25)27-14-28-22(19)31(30-20)13-23(12-24)7-9-26-10-8-23;1-21(2,28)11-27-20-17(19(23)24-12-25-20)18(26-27)15-4-3-14-10-16(29-8-7-22)6-5-13(14)9-15/h4-7,12,15H,3,8-11,14H2,1-2H3,(H2,26,27,28);3-6,11,14,26H,2,7-10,13H2,1H3,(H2,25,27,28);3-6,9-10,12,28H,8,11H2,1-2H3,(H2,23,24,25). The molecule has 0 saturated carbocycles. The number of ether oxygens (including phenoxy) is 3. The average molecular weight is 1260 g/mol. The van der Waals surface area contributed by atoms with Crippen LogP contribution in [-0.4, -0.2) is 138 Å². The van der Waals surface area contributed by atoms with E-state index in [1.165, 1.54) is 19.0 Å². The zero-order valence-corrected chi connectivity index (χ0v) is 52.8. The number of anilines is 3. The second-order valence-electron chi connectivity index (χ2n) is 24.2. The number of nitrogens with zero attached hydrogens (tertiary/aromatic N) is 18. The molecule has 26 heteroatoms. The number of benzene rings is 4. The van der Waals surface area contributed by atoms with Gasteiger partial charge < -0.3 is 46.7 Å². The molecule has 2 saturated heterocycles. The predicted molar refractivity (Wildman–Crippen MR) is 358 cm³/mol. The van der Waals surface area contributed by atoms with Crippen LogP contribution in [0.1, 0.15) is 53.4 Å². The predicted octanol–water partition coefficient (Wildman–Crippen LogP) is 9.08. The van der Waals surface area contributed by atoms with E-state index in [9.17, 15) is 15.6 Å². The number of aromatic nitrogens is 14. The third kappa shape index (κ3) is 13.1. The second-order valence-corrected chi connectivity index (χ2v) is 24.2. The van der Waals surface area contributed by atoms with E-state index in [1.54, 1.807) is 18.5 Å². The van der Waals surface area contributed by atoms with Crippen molar-refractivity contribution in [2.24, 2.45) is 10.8 Å². The third-order valence-corrected chi connectivity index (χ3v) is 16.9. The number of pyridine rings is 2. The van der Waals surface area contributed by atoms with Gasteiger partial charge in [-0.25, -0.2) is 53.9 Å². The molecule has 12 aromatic rings. The average Bonchev–Trinajstić information content (AvgIpc) is 1.62. The number of piperidine rings is 2. The van der Waals surface area contributed by atoms with Crippen molar-refractivity contribution >= 4 is 83.1 Å². The van der Waals surface area contributed by atoms with Gasteiger partial charge in [-0.05, 0) is 152 Å². The van der Waals surface area contributed by atoms with Crippen LogP contribution in [0.15, 0.2) is 116 Å². The molecule has 14 rings (SSSR count). The Labute approximate surface area is 540 Å². The topological polar surface area (TPSA) is 369 Å². The third-order valence-electron chi connectivity index (χ3n) is 16.9. The van der Waals surface area contributed by atoms with Crippen LogP contribution in [0, 0.1) is 44.8 Å². The highest BCUT2D eigenvalue weighted by Crippen LogP contribution is 2.40. The molecule has 0 radical (unpaired) electrons. The van der Waals surface area contributed by atoms with Gasteiger partial charge in [-0.3, -0.25) is 0 Å². The summed E-state index contributed by atoms with van der Waals surface area (Å²) in [4.78, 5) is 37.2. The number of hydrogen-bond acceptors (Lipinski definition) is 23. The Morgan fingerprint density at radius 3 is 1.44 bits per heavy atom. The first kappa shape index (κ1) is 62.9. The Bertz CT molecular complexity index is 4920. The maximum absolute atomic E-state index is 10.2. The molecule has 8 N–H and O–H groups in total. The van der Waals surface area contributed by atoms with Crippen LogP contribution in [0.3, 0.4) is 0 Å². The highest BCUT2D eigenvalue weighted by Gasteiger charge is 2.37. The van der Waals surface area contributed by atoms with E-state index in [0.29, 0.717) is 111 Å². The van der Waals surface area contributed by atoms with E-state index >= 15 is 0 Å². The summed E-state index contributed by atoms with van der Waals surface area (Å²) >= 11 is 0. The number of fused-ring (bicyclic) bond motifs is 6. The number of nitrogen functional groups attached to an aromatic ring is 3. The lowest BCUT2D eigenvalue weighted by molar-refractivity contribution is 0.0590. The maximum atomic E-state index is 10.2. The van der Waals surface area contributed by atoms with Gasteiger partial charge in [0.1, 0.15) is 65.3 Å².